The fraction of sp³-hybridized carbons (Fsp3) is 0.931. The van der Waals surface area contributed by atoms with Crippen LogP contribution in [0.5, 0.6) is 0 Å². The van der Waals surface area contributed by atoms with Gasteiger partial charge in [-0.25, -0.2) is 4.79 Å². The molecule has 17 nitrogen and oxygen atoms in total. The fourth-order valence-corrected chi connectivity index (χ4v) is 5.93. The molecule has 2 amide bonds. The minimum absolute atomic E-state index is 0.106. The summed E-state index contributed by atoms with van der Waals surface area (Å²) in [6.45, 7) is 8.96. The highest BCUT2D eigenvalue weighted by Gasteiger charge is 2.52. The van der Waals surface area contributed by atoms with Crippen molar-refractivity contribution in [1.82, 2.24) is 10.6 Å². The van der Waals surface area contributed by atoms with E-state index in [0.29, 0.717) is 6.42 Å². The summed E-state index contributed by atoms with van der Waals surface area (Å²) in [4.78, 5) is 25.0. The molecule has 1 aliphatic carbocycles. The number of aliphatic hydroxyl groups excluding tert-OH is 7. The second-order valence-electron chi connectivity index (χ2n) is 13.5. The summed E-state index contributed by atoms with van der Waals surface area (Å²) in [5.74, 6) is -2.08. The quantitative estimate of drug-likeness (QED) is 0.110. The van der Waals surface area contributed by atoms with E-state index in [-0.39, 0.29) is 6.42 Å². The minimum Gasteiger partial charge on any atom is -0.444 e. The predicted molar refractivity (Wildman–Crippen MR) is 158 cm³/mol. The summed E-state index contributed by atoms with van der Waals surface area (Å²) < 4.78 is 28.8. The molecular weight excluding hydrogens is 614 g/mol. The third-order valence-corrected chi connectivity index (χ3v) is 8.66. The van der Waals surface area contributed by atoms with E-state index in [1.165, 1.54) is 0 Å². The number of alkyl carbamates (subject to hydrolysis) is 1. The molecule has 16 atom stereocenters. The number of carbonyl (C=O) groups excluding carboxylic acids is 2. The van der Waals surface area contributed by atoms with Crippen molar-refractivity contribution < 1.29 is 69.0 Å². The largest absolute Gasteiger partial charge is 0.444 e. The molecule has 0 radical (unpaired) electrons. The Bertz CT molecular complexity index is 999. The highest BCUT2D eigenvalue weighted by molar-refractivity contribution is 5.81. The molecule has 1 saturated carbocycles. The molecular formula is C29H53N3O14. The molecule has 0 aromatic heterocycles. The van der Waals surface area contributed by atoms with Crippen LogP contribution in [-0.2, 0) is 28.5 Å². The number of ether oxygens (including phenoxy) is 5. The average Bonchev–Trinajstić information content (AvgIpc) is 2.98. The van der Waals surface area contributed by atoms with Gasteiger partial charge in [-0.2, -0.15) is 0 Å². The van der Waals surface area contributed by atoms with Crippen molar-refractivity contribution in [2.75, 3.05) is 13.2 Å². The van der Waals surface area contributed by atoms with Gasteiger partial charge in [0, 0.05) is 5.92 Å². The van der Waals surface area contributed by atoms with E-state index >= 15 is 0 Å². The van der Waals surface area contributed by atoms with Gasteiger partial charge in [0.1, 0.15) is 48.3 Å². The highest BCUT2D eigenvalue weighted by atomic mass is 16.7. The molecule has 11 N–H and O–H groups in total. The Morgan fingerprint density at radius 1 is 0.913 bits per heavy atom. The smallest absolute Gasteiger partial charge is 0.407 e. The lowest BCUT2D eigenvalue weighted by molar-refractivity contribution is -0.329. The van der Waals surface area contributed by atoms with Gasteiger partial charge >= 0.3 is 6.09 Å². The average molecular weight is 668 g/mol. The number of rotatable bonds is 10. The molecule has 3 aliphatic rings. The van der Waals surface area contributed by atoms with Crippen molar-refractivity contribution in [3.63, 3.8) is 0 Å². The van der Waals surface area contributed by atoms with Crippen LogP contribution >= 0.6 is 0 Å². The fourth-order valence-electron chi connectivity index (χ4n) is 5.93. The number of nitrogens with two attached hydrogens (primary N) is 1. The van der Waals surface area contributed by atoms with Gasteiger partial charge in [0.05, 0.1) is 43.5 Å². The van der Waals surface area contributed by atoms with E-state index < -0.39 is 128 Å². The van der Waals surface area contributed by atoms with Gasteiger partial charge in [0.15, 0.2) is 12.6 Å². The predicted octanol–water partition coefficient (Wildman–Crippen LogP) is -3.21. The molecule has 2 aliphatic heterocycles. The number of hydrogen-bond acceptors (Lipinski definition) is 15. The lowest BCUT2D eigenvalue weighted by Gasteiger charge is -2.49. The van der Waals surface area contributed by atoms with Crippen LogP contribution in [0.25, 0.3) is 0 Å². The van der Waals surface area contributed by atoms with E-state index in [2.05, 4.69) is 10.6 Å². The topological polar surface area (TPSA) is 272 Å². The van der Waals surface area contributed by atoms with Crippen LogP contribution in [0.1, 0.15) is 54.4 Å². The van der Waals surface area contributed by atoms with Crippen LogP contribution in [0.4, 0.5) is 4.79 Å². The van der Waals surface area contributed by atoms with E-state index in [1.807, 2.05) is 0 Å². The first-order chi connectivity index (χ1) is 21.4. The molecule has 2 heterocycles. The van der Waals surface area contributed by atoms with E-state index in [9.17, 15) is 45.3 Å². The maximum absolute atomic E-state index is 13.0. The summed E-state index contributed by atoms with van der Waals surface area (Å²) in [6, 6.07) is -2.30. The van der Waals surface area contributed by atoms with Crippen LogP contribution < -0.4 is 16.4 Å². The summed E-state index contributed by atoms with van der Waals surface area (Å²) in [5.41, 5.74) is 5.14. The third-order valence-electron chi connectivity index (χ3n) is 8.66. The van der Waals surface area contributed by atoms with Crippen LogP contribution in [-0.4, -0.2) is 152 Å². The van der Waals surface area contributed by atoms with Gasteiger partial charge in [-0.15, -0.1) is 0 Å². The summed E-state index contributed by atoms with van der Waals surface area (Å²) in [6.07, 6.45) is -15.9. The Balaban J connectivity index is 1.81. The molecule has 2 saturated heterocycles. The molecule has 3 rings (SSSR count). The molecule has 0 aromatic rings. The standard InChI is InChI=1S/C29H53N3O14/c1-7-15-20(37)18(35)12(3)26(42-15)44-23-11(2)8-13(32-25(40)14(34)9-31-28(41)46-29(4,5)6)24(22(23)39)45-27-21(38)17(30)19(36)16(10-33)43-27/h11-24,26-27,33-39H,7-10,30H2,1-6H3,(H,31,41)(H,32,40). The van der Waals surface area contributed by atoms with Gasteiger partial charge in [0.25, 0.3) is 5.91 Å². The zero-order valence-electron chi connectivity index (χ0n) is 27.1. The summed E-state index contributed by atoms with van der Waals surface area (Å²) >= 11 is 0. The van der Waals surface area contributed by atoms with Gasteiger partial charge in [-0.1, -0.05) is 20.8 Å². The molecule has 46 heavy (non-hydrogen) atoms. The number of amides is 2. The minimum atomic E-state index is -1.72. The van der Waals surface area contributed by atoms with Crippen LogP contribution in [0, 0.1) is 11.8 Å². The number of hydrogen-bond donors (Lipinski definition) is 10. The van der Waals surface area contributed by atoms with Crippen LogP contribution in [0.15, 0.2) is 0 Å². The van der Waals surface area contributed by atoms with Gasteiger partial charge in [-0.05, 0) is 39.5 Å². The zero-order chi connectivity index (χ0) is 34.7. The Hall–Kier alpha value is -1.74. The molecule has 17 heteroatoms. The normalized spacial score (nSPS) is 42.6. The zero-order valence-corrected chi connectivity index (χ0v) is 27.1. The first-order valence-corrected chi connectivity index (χ1v) is 15.7. The van der Waals surface area contributed by atoms with E-state index in [0.717, 1.165) is 0 Å². The molecule has 3 fully saturated rings. The molecule has 0 bridgehead atoms. The molecule has 0 spiro atoms. The van der Waals surface area contributed by atoms with E-state index in [4.69, 9.17) is 29.4 Å². The van der Waals surface area contributed by atoms with Crippen molar-refractivity contribution >= 4 is 12.0 Å². The number of aliphatic hydroxyl groups is 7. The Morgan fingerprint density at radius 3 is 2.11 bits per heavy atom. The lowest BCUT2D eigenvalue weighted by Crippen LogP contribution is -2.67. The van der Waals surface area contributed by atoms with E-state index in [1.54, 1.807) is 41.5 Å². The molecule has 16 unspecified atom stereocenters. The number of nitrogens with one attached hydrogen (secondary N) is 2. The maximum atomic E-state index is 13.0. The number of carbonyl (C=O) groups is 2. The van der Waals surface area contributed by atoms with Crippen molar-refractivity contribution in [3.8, 4) is 0 Å². The lowest BCUT2D eigenvalue weighted by atomic mass is 9.79. The van der Waals surface area contributed by atoms with Crippen molar-refractivity contribution in [2.24, 2.45) is 17.6 Å². The monoisotopic (exact) mass is 667 g/mol. The van der Waals surface area contributed by atoms with Crippen molar-refractivity contribution in [2.45, 2.75) is 146 Å². The summed E-state index contributed by atoms with van der Waals surface area (Å²) in [5, 5.41) is 78.7. The Morgan fingerprint density at radius 2 is 1.52 bits per heavy atom. The Kier molecular flexibility index (Phi) is 13.6. The van der Waals surface area contributed by atoms with Crippen LogP contribution in [0.3, 0.4) is 0 Å². The van der Waals surface area contributed by atoms with Gasteiger partial charge in [0.2, 0.25) is 0 Å². The van der Waals surface area contributed by atoms with Gasteiger partial charge < -0.3 is 75.8 Å². The first kappa shape index (κ1) is 38.7. The van der Waals surface area contributed by atoms with Gasteiger partial charge in [-0.3, -0.25) is 4.79 Å². The van der Waals surface area contributed by atoms with Crippen LogP contribution in [0.2, 0.25) is 0 Å². The first-order valence-electron chi connectivity index (χ1n) is 15.7. The van der Waals surface area contributed by atoms with Crippen molar-refractivity contribution in [1.29, 1.82) is 0 Å². The second kappa shape index (κ2) is 16.1. The SMILES string of the molecule is CCC1OC(OC2C(C)CC(NC(=O)C(O)CNC(=O)OC(C)(C)C)C(OC3OC(CO)C(O)C(N)C3O)C2O)C(C)C(O)C1O. The maximum Gasteiger partial charge on any atom is 0.407 e. The molecule has 0 aromatic carbocycles. The summed E-state index contributed by atoms with van der Waals surface area (Å²) in [7, 11) is 0. The molecule has 268 valence electrons. The third kappa shape index (κ3) is 9.24. The Labute approximate surface area is 268 Å². The van der Waals surface area contributed by atoms with Crippen molar-refractivity contribution in [3.05, 3.63) is 0 Å². The second-order valence-corrected chi connectivity index (χ2v) is 13.5. The highest BCUT2D eigenvalue weighted by Crippen LogP contribution is 2.36.